The Labute approximate surface area is 116 Å². The molecule has 0 amide bonds. The van der Waals surface area contributed by atoms with Crippen LogP contribution in [-0.4, -0.2) is 38.7 Å². The van der Waals surface area contributed by atoms with Gasteiger partial charge in [0.15, 0.2) is 0 Å². The van der Waals surface area contributed by atoms with Crippen LogP contribution in [0.5, 0.6) is 0 Å². The summed E-state index contributed by atoms with van der Waals surface area (Å²) in [6.45, 7) is 7.23. The van der Waals surface area contributed by atoms with Gasteiger partial charge in [-0.15, -0.1) is 0 Å². The first-order valence-corrected chi connectivity index (χ1v) is 6.19. The van der Waals surface area contributed by atoms with Gasteiger partial charge in [0.05, 0.1) is 10.5 Å². The summed E-state index contributed by atoms with van der Waals surface area (Å²) >= 11 is 5.77. The maximum atomic E-state index is 11.1. The van der Waals surface area contributed by atoms with E-state index in [2.05, 4.69) is 9.97 Å². The molecule has 8 heteroatoms. The van der Waals surface area contributed by atoms with Crippen molar-refractivity contribution in [2.75, 3.05) is 18.0 Å². The lowest BCUT2D eigenvalue weighted by Crippen LogP contribution is -2.39. The minimum Gasteiger partial charge on any atom is -0.389 e. The molecule has 1 aromatic rings. The largest absolute Gasteiger partial charge is 0.389 e. The second kappa shape index (κ2) is 5.66. The predicted molar refractivity (Wildman–Crippen MR) is 72.6 cm³/mol. The number of aliphatic hydroxyl groups is 1. The maximum absolute atomic E-state index is 11.1. The van der Waals surface area contributed by atoms with Crippen molar-refractivity contribution in [2.45, 2.75) is 33.3 Å². The molecule has 106 valence electrons. The van der Waals surface area contributed by atoms with Crippen LogP contribution in [0.15, 0.2) is 0 Å². The van der Waals surface area contributed by atoms with Gasteiger partial charge >= 0.3 is 5.69 Å². The summed E-state index contributed by atoms with van der Waals surface area (Å²) in [7, 11) is 0. The summed E-state index contributed by atoms with van der Waals surface area (Å²) in [4.78, 5) is 19.9. The van der Waals surface area contributed by atoms with E-state index in [1.54, 1.807) is 18.7 Å². The van der Waals surface area contributed by atoms with Crippen LogP contribution in [-0.2, 0) is 0 Å². The predicted octanol–water partition coefficient (Wildman–Crippen LogP) is 1.94. The molecule has 19 heavy (non-hydrogen) atoms. The summed E-state index contributed by atoms with van der Waals surface area (Å²) in [5.74, 6) is 0.132. The van der Waals surface area contributed by atoms with Crippen molar-refractivity contribution in [3.63, 3.8) is 0 Å². The highest BCUT2D eigenvalue weighted by Gasteiger charge is 2.28. The van der Waals surface area contributed by atoms with Crippen LogP contribution < -0.4 is 4.90 Å². The van der Waals surface area contributed by atoms with E-state index < -0.39 is 10.5 Å². The minimum absolute atomic E-state index is 0.0488. The first-order chi connectivity index (χ1) is 8.65. The highest BCUT2D eigenvalue weighted by atomic mass is 35.5. The Morgan fingerprint density at radius 1 is 1.47 bits per heavy atom. The van der Waals surface area contributed by atoms with Crippen LogP contribution in [0.1, 0.15) is 26.5 Å². The fourth-order valence-electron chi connectivity index (χ4n) is 1.76. The van der Waals surface area contributed by atoms with Crippen molar-refractivity contribution >= 4 is 23.1 Å². The topological polar surface area (TPSA) is 92.4 Å². The number of halogens is 1. The number of nitro groups is 1. The van der Waals surface area contributed by atoms with Crippen molar-refractivity contribution in [1.82, 2.24) is 9.97 Å². The first kappa shape index (κ1) is 15.6. The molecule has 0 aliphatic carbocycles. The molecule has 0 saturated heterocycles. The molecule has 7 nitrogen and oxygen atoms in total. The zero-order chi connectivity index (χ0) is 14.8. The number of hydrogen-bond donors (Lipinski definition) is 1. The molecule has 0 aromatic carbocycles. The van der Waals surface area contributed by atoms with Crippen molar-refractivity contribution in [2.24, 2.45) is 0 Å². The molecule has 1 heterocycles. The van der Waals surface area contributed by atoms with Crippen LogP contribution in [0, 0.1) is 17.0 Å². The van der Waals surface area contributed by atoms with Gasteiger partial charge in [-0.1, -0.05) is 0 Å². The molecular formula is C11H17ClN4O3. The molecule has 0 bridgehead atoms. The average Bonchev–Trinajstić information content (AvgIpc) is 2.22. The van der Waals surface area contributed by atoms with E-state index in [1.165, 1.54) is 6.92 Å². The molecule has 0 aliphatic rings. The quantitative estimate of drug-likeness (QED) is 0.506. The molecule has 1 N–H and O–H groups in total. The summed E-state index contributed by atoms with van der Waals surface area (Å²) in [5, 5.41) is 20.9. The lowest BCUT2D eigenvalue weighted by atomic mass is 10.1. The zero-order valence-corrected chi connectivity index (χ0v) is 12.1. The van der Waals surface area contributed by atoms with Gasteiger partial charge in [-0.05, 0) is 39.3 Å². The third-order valence-electron chi connectivity index (χ3n) is 2.45. The summed E-state index contributed by atoms with van der Waals surface area (Å²) in [6.07, 6.45) is 0. The summed E-state index contributed by atoms with van der Waals surface area (Å²) in [5.41, 5.74) is -0.987. The molecule has 1 aromatic heterocycles. The van der Waals surface area contributed by atoms with E-state index in [1.807, 2.05) is 6.92 Å². The van der Waals surface area contributed by atoms with E-state index in [4.69, 9.17) is 11.6 Å². The van der Waals surface area contributed by atoms with Crippen molar-refractivity contribution < 1.29 is 10.0 Å². The lowest BCUT2D eigenvalue weighted by molar-refractivity contribution is -0.385. The SMILES string of the molecule is CCN(CC(C)(C)O)c1nc(Cl)nc(C)c1[N+](=O)[O-]. The Kier molecular flexibility index (Phi) is 4.65. The fourth-order valence-corrected chi connectivity index (χ4v) is 1.96. The van der Waals surface area contributed by atoms with Gasteiger partial charge in [-0.2, -0.15) is 4.98 Å². The van der Waals surface area contributed by atoms with Gasteiger partial charge in [-0.25, -0.2) is 4.98 Å². The molecular weight excluding hydrogens is 272 g/mol. The molecule has 0 saturated carbocycles. The standard InChI is InChI=1S/C11H17ClN4O3/c1-5-15(6-11(3,4)17)9-8(16(18)19)7(2)13-10(12)14-9/h17H,5-6H2,1-4H3. The fraction of sp³-hybridized carbons (Fsp3) is 0.636. The summed E-state index contributed by atoms with van der Waals surface area (Å²) < 4.78 is 0. The number of nitrogens with zero attached hydrogens (tertiary/aromatic N) is 4. The monoisotopic (exact) mass is 288 g/mol. The number of likely N-dealkylation sites (N-methyl/N-ethyl adjacent to an activating group) is 1. The van der Waals surface area contributed by atoms with Crippen LogP contribution in [0.25, 0.3) is 0 Å². The van der Waals surface area contributed by atoms with E-state index in [9.17, 15) is 15.2 Å². The highest BCUT2D eigenvalue weighted by Crippen LogP contribution is 2.30. The van der Waals surface area contributed by atoms with Crippen molar-refractivity contribution in [3.05, 3.63) is 21.1 Å². The molecule has 0 aliphatic heterocycles. The van der Waals surface area contributed by atoms with Gasteiger partial charge in [0.25, 0.3) is 0 Å². The zero-order valence-electron chi connectivity index (χ0n) is 11.3. The smallest absolute Gasteiger partial charge is 0.332 e. The molecule has 0 fully saturated rings. The van der Waals surface area contributed by atoms with E-state index in [-0.39, 0.29) is 29.0 Å². The van der Waals surface area contributed by atoms with Gasteiger partial charge < -0.3 is 10.0 Å². The van der Waals surface area contributed by atoms with Crippen LogP contribution in [0.4, 0.5) is 11.5 Å². The number of anilines is 1. The average molecular weight is 289 g/mol. The van der Waals surface area contributed by atoms with Crippen LogP contribution in [0.3, 0.4) is 0 Å². The number of rotatable bonds is 5. The summed E-state index contributed by atoms with van der Waals surface area (Å²) in [6, 6.07) is 0. The minimum atomic E-state index is -1.00. The highest BCUT2D eigenvalue weighted by molar-refractivity contribution is 6.28. The second-order valence-electron chi connectivity index (χ2n) is 4.83. The normalized spacial score (nSPS) is 11.5. The van der Waals surface area contributed by atoms with E-state index >= 15 is 0 Å². The second-order valence-corrected chi connectivity index (χ2v) is 5.17. The Hall–Kier alpha value is -1.47. The van der Waals surface area contributed by atoms with Gasteiger partial charge in [-0.3, -0.25) is 10.1 Å². The molecule has 0 atom stereocenters. The third-order valence-corrected chi connectivity index (χ3v) is 2.62. The van der Waals surface area contributed by atoms with Crippen molar-refractivity contribution in [3.8, 4) is 0 Å². The Balaban J connectivity index is 3.33. The molecule has 0 unspecified atom stereocenters. The van der Waals surface area contributed by atoms with E-state index in [0.29, 0.717) is 6.54 Å². The molecule has 1 rings (SSSR count). The van der Waals surface area contributed by atoms with Crippen LogP contribution >= 0.6 is 11.6 Å². The van der Waals surface area contributed by atoms with Gasteiger partial charge in [0, 0.05) is 13.1 Å². The van der Waals surface area contributed by atoms with Gasteiger partial charge in [0.1, 0.15) is 5.69 Å². The lowest BCUT2D eigenvalue weighted by Gasteiger charge is -2.28. The van der Waals surface area contributed by atoms with E-state index in [0.717, 1.165) is 0 Å². The Morgan fingerprint density at radius 3 is 2.47 bits per heavy atom. The first-order valence-electron chi connectivity index (χ1n) is 5.81. The Bertz CT molecular complexity index is 488. The number of aromatic nitrogens is 2. The van der Waals surface area contributed by atoms with Crippen molar-refractivity contribution in [1.29, 1.82) is 0 Å². The van der Waals surface area contributed by atoms with Gasteiger partial charge in [0.2, 0.25) is 11.1 Å². The van der Waals surface area contributed by atoms with Crippen LogP contribution in [0.2, 0.25) is 5.28 Å². The third kappa shape index (κ3) is 4.00. The molecule has 0 spiro atoms. The number of aryl methyl sites for hydroxylation is 1. The number of hydrogen-bond acceptors (Lipinski definition) is 6. The maximum Gasteiger partial charge on any atom is 0.332 e. The molecule has 0 radical (unpaired) electrons. The Morgan fingerprint density at radius 2 is 2.05 bits per heavy atom.